The minimum Gasteiger partial charge on any atom is -0.315 e. The van der Waals surface area contributed by atoms with Crippen molar-refractivity contribution in [3.8, 4) is 0 Å². The fourth-order valence-corrected chi connectivity index (χ4v) is 4.01. The number of benzene rings is 2. The van der Waals surface area contributed by atoms with Crippen molar-refractivity contribution in [2.24, 2.45) is 0 Å². The third-order valence-corrected chi connectivity index (χ3v) is 5.81. The minimum atomic E-state index is -3.60. The summed E-state index contributed by atoms with van der Waals surface area (Å²) >= 11 is 0. The number of rotatable bonds is 5. The Bertz CT molecular complexity index is 863. The molecule has 1 unspecified atom stereocenters. The van der Waals surface area contributed by atoms with Crippen LogP contribution >= 0.6 is 0 Å². The largest absolute Gasteiger partial charge is 0.315 e. The Morgan fingerprint density at radius 1 is 1.17 bits per heavy atom. The van der Waals surface area contributed by atoms with E-state index in [2.05, 4.69) is 4.72 Å². The van der Waals surface area contributed by atoms with Gasteiger partial charge in [0, 0.05) is 19.3 Å². The van der Waals surface area contributed by atoms with Crippen LogP contribution in [0.3, 0.4) is 0 Å². The molecule has 1 aliphatic heterocycles. The number of nitrogens with one attached hydrogen (secondary N) is 1. The topological polar surface area (TPSA) is 66.5 Å². The molecule has 6 heteroatoms. The highest BCUT2D eigenvalue weighted by Gasteiger charge is 2.26. The number of nitrogens with zero attached hydrogens (tertiary/aromatic N) is 1. The molecule has 1 N–H and O–H groups in total. The van der Waals surface area contributed by atoms with Crippen LogP contribution < -0.4 is 9.62 Å². The van der Waals surface area contributed by atoms with Gasteiger partial charge in [0.05, 0.1) is 11.3 Å². The van der Waals surface area contributed by atoms with Crippen molar-refractivity contribution in [3.63, 3.8) is 0 Å². The summed E-state index contributed by atoms with van der Waals surface area (Å²) in [4.78, 5) is 13.5. The molecule has 0 spiro atoms. The van der Waals surface area contributed by atoms with Crippen LogP contribution in [0.2, 0.25) is 0 Å². The first-order valence-corrected chi connectivity index (χ1v) is 9.31. The maximum atomic E-state index is 12.5. The molecule has 1 heterocycles. The summed E-state index contributed by atoms with van der Waals surface area (Å²) in [6, 6.07) is 14.6. The first-order chi connectivity index (χ1) is 11.4. The molecule has 0 aromatic heterocycles. The minimum absolute atomic E-state index is 0.0230. The van der Waals surface area contributed by atoms with Crippen LogP contribution in [0.1, 0.15) is 24.0 Å². The Kier molecular flexibility index (Phi) is 4.43. The Labute approximate surface area is 142 Å². The van der Waals surface area contributed by atoms with Crippen LogP contribution in [0.15, 0.2) is 53.4 Å². The van der Waals surface area contributed by atoms with E-state index in [9.17, 15) is 13.2 Å². The number of carbonyl (C=O) groups excluding carboxylic acids is 1. The maximum absolute atomic E-state index is 12.5. The molecule has 3 rings (SSSR count). The molecule has 5 nitrogen and oxygen atoms in total. The van der Waals surface area contributed by atoms with Gasteiger partial charge in [-0.05, 0) is 35.2 Å². The molecule has 126 valence electrons. The van der Waals surface area contributed by atoms with Crippen molar-refractivity contribution in [1.82, 2.24) is 4.72 Å². The van der Waals surface area contributed by atoms with Gasteiger partial charge in [0.25, 0.3) is 0 Å². The van der Waals surface area contributed by atoms with Gasteiger partial charge >= 0.3 is 0 Å². The fourth-order valence-electron chi connectivity index (χ4n) is 2.83. The summed E-state index contributed by atoms with van der Waals surface area (Å²) in [6.07, 6.45) is 0.246. The molecule has 2 aromatic rings. The second-order valence-corrected chi connectivity index (χ2v) is 7.85. The van der Waals surface area contributed by atoms with Gasteiger partial charge in [0.15, 0.2) is 0 Å². The molecule has 0 saturated carbocycles. The lowest BCUT2D eigenvalue weighted by Gasteiger charge is -2.14. The molecule has 0 aliphatic carbocycles. The highest BCUT2D eigenvalue weighted by Crippen LogP contribution is 2.29. The zero-order chi connectivity index (χ0) is 17.3. The van der Waals surface area contributed by atoms with Crippen molar-refractivity contribution in [3.05, 3.63) is 59.7 Å². The summed E-state index contributed by atoms with van der Waals surface area (Å²) in [5.74, 6) is 0.0494. The third kappa shape index (κ3) is 3.20. The SMILES string of the molecule is CC(CNS(=O)(=O)c1ccc2c(c1)CC(=O)N2C)c1ccccc1. The normalized spacial score (nSPS) is 15.4. The van der Waals surface area contributed by atoms with Gasteiger partial charge in [-0.15, -0.1) is 0 Å². The molecular formula is C18H20N2O3S. The molecule has 0 bridgehead atoms. The Hall–Kier alpha value is -2.18. The quantitative estimate of drug-likeness (QED) is 0.905. The number of likely N-dealkylation sites (N-methyl/N-ethyl adjacent to an activating group) is 1. The Morgan fingerprint density at radius 3 is 2.58 bits per heavy atom. The van der Waals surface area contributed by atoms with E-state index in [0.29, 0.717) is 6.54 Å². The van der Waals surface area contributed by atoms with Crippen LogP contribution in [0.25, 0.3) is 0 Å². The average molecular weight is 344 g/mol. The average Bonchev–Trinajstić information content (AvgIpc) is 2.87. The number of anilines is 1. The number of hydrogen-bond acceptors (Lipinski definition) is 3. The molecule has 2 aromatic carbocycles. The van der Waals surface area contributed by atoms with Gasteiger partial charge in [0.1, 0.15) is 0 Å². The standard InChI is InChI=1S/C18H20N2O3S/c1-13(14-6-4-3-5-7-14)12-19-24(22,23)16-8-9-17-15(10-16)11-18(21)20(17)2/h3-10,13,19H,11-12H2,1-2H3. The van der Waals surface area contributed by atoms with E-state index in [4.69, 9.17) is 0 Å². The fraction of sp³-hybridized carbons (Fsp3) is 0.278. The number of sulfonamides is 1. The van der Waals surface area contributed by atoms with E-state index in [1.54, 1.807) is 30.1 Å². The number of carbonyl (C=O) groups is 1. The molecule has 1 aliphatic rings. The maximum Gasteiger partial charge on any atom is 0.240 e. The number of amides is 1. The molecule has 0 saturated heterocycles. The molecular weight excluding hydrogens is 324 g/mol. The van der Waals surface area contributed by atoms with E-state index in [0.717, 1.165) is 16.8 Å². The van der Waals surface area contributed by atoms with E-state index in [-0.39, 0.29) is 23.1 Å². The highest BCUT2D eigenvalue weighted by atomic mass is 32.2. The van der Waals surface area contributed by atoms with Crippen molar-refractivity contribution in [1.29, 1.82) is 0 Å². The van der Waals surface area contributed by atoms with Crippen molar-refractivity contribution in [2.75, 3.05) is 18.5 Å². The first kappa shape index (κ1) is 16.7. The van der Waals surface area contributed by atoms with E-state index in [1.165, 1.54) is 0 Å². The van der Waals surface area contributed by atoms with Crippen LogP contribution in [0.5, 0.6) is 0 Å². The van der Waals surface area contributed by atoms with Gasteiger partial charge in [0.2, 0.25) is 15.9 Å². The molecule has 0 fully saturated rings. The van der Waals surface area contributed by atoms with Gasteiger partial charge in [-0.2, -0.15) is 0 Å². The van der Waals surface area contributed by atoms with Crippen LogP contribution in [0, 0.1) is 0 Å². The van der Waals surface area contributed by atoms with Crippen LogP contribution in [-0.4, -0.2) is 27.9 Å². The summed E-state index contributed by atoms with van der Waals surface area (Å²) < 4.78 is 27.7. The van der Waals surface area contributed by atoms with Gasteiger partial charge < -0.3 is 4.90 Å². The van der Waals surface area contributed by atoms with E-state index >= 15 is 0 Å². The zero-order valence-corrected chi connectivity index (χ0v) is 14.5. The summed E-state index contributed by atoms with van der Waals surface area (Å²) in [5.41, 5.74) is 2.61. The number of fused-ring (bicyclic) bond motifs is 1. The van der Waals surface area contributed by atoms with Crippen molar-refractivity contribution in [2.45, 2.75) is 24.2 Å². The second kappa shape index (κ2) is 6.37. The van der Waals surface area contributed by atoms with Crippen LogP contribution in [0.4, 0.5) is 5.69 Å². The van der Waals surface area contributed by atoms with E-state index in [1.807, 2.05) is 37.3 Å². The third-order valence-electron chi connectivity index (χ3n) is 4.39. The van der Waals surface area contributed by atoms with Crippen molar-refractivity contribution >= 4 is 21.6 Å². The lowest BCUT2D eigenvalue weighted by Crippen LogP contribution is -2.27. The predicted octanol–water partition coefficient (Wildman–Crippen LogP) is 2.29. The van der Waals surface area contributed by atoms with Gasteiger partial charge in [-0.3, -0.25) is 4.79 Å². The van der Waals surface area contributed by atoms with E-state index < -0.39 is 10.0 Å². The molecule has 1 atom stereocenters. The molecule has 1 amide bonds. The lowest BCUT2D eigenvalue weighted by atomic mass is 10.0. The first-order valence-electron chi connectivity index (χ1n) is 7.82. The molecule has 24 heavy (non-hydrogen) atoms. The Morgan fingerprint density at radius 2 is 1.88 bits per heavy atom. The lowest BCUT2D eigenvalue weighted by molar-refractivity contribution is -0.117. The zero-order valence-electron chi connectivity index (χ0n) is 13.7. The monoisotopic (exact) mass is 344 g/mol. The highest BCUT2D eigenvalue weighted by molar-refractivity contribution is 7.89. The van der Waals surface area contributed by atoms with Gasteiger partial charge in [-0.1, -0.05) is 37.3 Å². The summed E-state index contributed by atoms with van der Waals surface area (Å²) in [6.45, 7) is 2.30. The summed E-state index contributed by atoms with van der Waals surface area (Å²) in [5, 5.41) is 0. The predicted molar refractivity (Wildman–Crippen MR) is 93.6 cm³/mol. The Balaban J connectivity index is 1.75. The summed E-state index contributed by atoms with van der Waals surface area (Å²) in [7, 11) is -1.90. The molecule has 0 radical (unpaired) electrons. The van der Waals surface area contributed by atoms with Crippen LogP contribution in [-0.2, 0) is 21.2 Å². The second-order valence-electron chi connectivity index (χ2n) is 6.08. The van der Waals surface area contributed by atoms with Crippen molar-refractivity contribution < 1.29 is 13.2 Å². The van der Waals surface area contributed by atoms with Gasteiger partial charge in [-0.25, -0.2) is 13.1 Å². The smallest absolute Gasteiger partial charge is 0.240 e. The number of hydrogen-bond donors (Lipinski definition) is 1.